The van der Waals surface area contributed by atoms with E-state index in [0.29, 0.717) is 45.1 Å². The van der Waals surface area contributed by atoms with Crippen LogP contribution in [-0.4, -0.2) is 41.6 Å². The molecule has 0 aromatic carbocycles. The van der Waals surface area contributed by atoms with Crippen LogP contribution in [0.2, 0.25) is 0 Å². The van der Waals surface area contributed by atoms with Crippen molar-refractivity contribution >= 4 is 17.8 Å². The predicted molar refractivity (Wildman–Crippen MR) is 257 cm³/mol. The average molecular weight is 827 g/mol. The molecule has 60 heavy (non-hydrogen) atoms. The number of hydrogen-bond donors (Lipinski definition) is 3. The molecule has 4 N–H and O–H groups in total. The maximum Gasteiger partial charge on any atom is 0.326 e. The maximum absolute atomic E-state index is 12.8. The fourth-order valence-corrected chi connectivity index (χ4v) is 5.81. The molecule has 0 rings (SSSR count). The van der Waals surface area contributed by atoms with Crippen molar-refractivity contribution in [2.75, 3.05) is 6.54 Å². The number of nitrogens with two attached hydrogens (primary N) is 1. The van der Waals surface area contributed by atoms with Gasteiger partial charge in [-0.3, -0.25) is 9.59 Å². The highest BCUT2D eigenvalue weighted by Crippen LogP contribution is 2.13. The van der Waals surface area contributed by atoms with E-state index in [2.05, 4.69) is 141 Å². The maximum atomic E-state index is 12.8. The van der Waals surface area contributed by atoms with E-state index in [1.807, 2.05) is 12.2 Å². The summed E-state index contributed by atoms with van der Waals surface area (Å²) in [4.78, 5) is 36.7. The Morgan fingerprint density at radius 2 is 0.917 bits per heavy atom. The SMILES string of the molecule is CC/C=C\C/C=C\C/C=C\C/C=C\C/C=C\C/C=C\CCCCCCC(=O)OC(/C=C\C/C=C\C/C=C\C/C=C\C/C=C\CC)CCCCC(=O)NC(CCCN)C(=O)O. The Kier molecular flexibility index (Phi) is 42.2. The molecule has 0 heterocycles. The van der Waals surface area contributed by atoms with Crippen LogP contribution >= 0.6 is 0 Å². The monoisotopic (exact) mass is 827 g/mol. The van der Waals surface area contributed by atoms with E-state index in [-0.39, 0.29) is 24.4 Å². The Balaban J connectivity index is 4.52. The van der Waals surface area contributed by atoms with E-state index in [9.17, 15) is 19.5 Å². The van der Waals surface area contributed by atoms with Gasteiger partial charge in [0.05, 0.1) is 0 Å². The first-order valence-electron chi connectivity index (χ1n) is 23.0. The topological polar surface area (TPSA) is 119 Å². The van der Waals surface area contributed by atoms with E-state index in [1.54, 1.807) is 0 Å². The number of carbonyl (C=O) groups is 3. The largest absolute Gasteiger partial charge is 0.480 e. The number of aliphatic carboxylic acids is 1. The number of unbranched alkanes of at least 4 members (excludes halogenated alkanes) is 5. The molecule has 1 amide bonds. The van der Waals surface area contributed by atoms with Crippen LogP contribution in [0.1, 0.15) is 162 Å². The Morgan fingerprint density at radius 3 is 1.37 bits per heavy atom. The minimum absolute atomic E-state index is 0.195. The number of hydrogen-bond acceptors (Lipinski definition) is 5. The molecule has 0 radical (unpaired) electrons. The van der Waals surface area contributed by atoms with Crippen LogP contribution in [-0.2, 0) is 19.1 Å². The van der Waals surface area contributed by atoms with Crippen molar-refractivity contribution < 1.29 is 24.2 Å². The van der Waals surface area contributed by atoms with Crippen molar-refractivity contribution in [1.29, 1.82) is 0 Å². The second kappa shape index (κ2) is 45.6. The van der Waals surface area contributed by atoms with Crippen LogP contribution in [0, 0.1) is 0 Å². The highest BCUT2D eigenvalue weighted by Gasteiger charge is 2.19. The van der Waals surface area contributed by atoms with Gasteiger partial charge in [0, 0.05) is 12.8 Å². The summed E-state index contributed by atoms with van der Waals surface area (Å²) in [6, 6.07) is -0.923. The third-order valence-corrected chi connectivity index (χ3v) is 9.20. The lowest BCUT2D eigenvalue weighted by molar-refractivity contribution is -0.147. The van der Waals surface area contributed by atoms with Gasteiger partial charge in [0.1, 0.15) is 12.1 Å². The first-order valence-corrected chi connectivity index (χ1v) is 23.0. The normalized spacial score (nSPS) is 13.9. The third-order valence-electron chi connectivity index (χ3n) is 9.20. The van der Waals surface area contributed by atoms with E-state index in [0.717, 1.165) is 103 Å². The molecule has 0 aromatic heterocycles. The summed E-state index contributed by atoms with van der Waals surface area (Å²) in [5.74, 6) is -1.53. The molecule has 0 aliphatic rings. The summed E-state index contributed by atoms with van der Waals surface area (Å²) >= 11 is 0. The zero-order valence-corrected chi connectivity index (χ0v) is 37.5. The van der Waals surface area contributed by atoms with Crippen molar-refractivity contribution in [3.63, 3.8) is 0 Å². The van der Waals surface area contributed by atoms with E-state index < -0.39 is 12.0 Å². The van der Waals surface area contributed by atoms with Crippen LogP contribution in [0.4, 0.5) is 0 Å². The molecular weight excluding hydrogens is 745 g/mol. The number of ether oxygens (including phenoxy) is 1. The zero-order chi connectivity index (χ0) is 43.8. The molecule has 7 heteroatoms. The number of esters is 1. The van der Waals surface area contributed by atoms with E-state index in [1.165, 1.54) is 0 Å². The summed E-state index contributed by atoms with van der Waals surface area (Å²) in [7, 11) is 0. The lowest BCUT2D eigenvalue weighted by Gasteiger charge is -2.16. The number of allylic oxidation sites excluding steroid dienone is 21. The van der Waals surface area contributed by atoms with Gasteiger partial charge in [-0.2, -0.15) is 0 Å². The summed E-state index contributed by atoms with van der Waals surface area (Å²) in [5.41, 5.74) is 5.50. The molecule has 0 fully saturated rings. The molecule has 0 aliphatic carbocycles. The van der Waals surface area contributed by atoms with Crippen molar-refractivity contribution in [2.45, 2.75) is 174 Å². The zero-order valence-electron chi connectivity index (χ0n) is 37.5. The summed E-state index contributed by atoms with van der Waals surface area (Å²) in [6.45, 7) is 4.67. The number of amides is 1. The first kappa shape index (κ1) is 55.5. The molecular formula is C53H82N2O5. The molecule has 0 saturated carbocycles. The molecule has 334 valence electrons. The molecule has 0 bridgehead atoms. The highest BCUT2D eigenvalue weighted by molar-refractivity contribution is 5.83. The number of rotatable bonds is 39. The summed E-state index contributed by atoms with van der Waals surface area (Å²) in [5, 5.41) is 12.0. The minimum Gasteiger partial charge on any atom is -0.480 e. The molecule has 0 aliphatic heterocycles. The molecule has 2 unspecified atom stereocenters. The lowest BCUT2D eigenvalue weighted by Crippen LogP contribution is -2.40. The van der Waals surface area contributed by atoms with Crippen LogP contribution in [0.5, 0.6) is 0 Å². The Labute approximate surface area is 365 Å². The van der Waals surface area contributed by atoms with Gasteiger partial charge >= 0.3 is 11.9 Å². The van der Waals surface area contributed by atoms with E-state index >= 15 is 0 Å². The van der Waals surface area contributed by atoms with Gasteiger partial charge in [0.15, 0.2) is 0 Å². The van der Waals surface area contributed by atoms with Crippen LogP contribution < -0.4 is 11.1 Å². The highest BCUT2D eigenvalue weighted by atomic mass is 16.5. The van der Waals surface area contributed by atoms with Gasteiger partial charge in [-0.15, -0.1) is 0 Å². The number of carboxylic acid groups (broad SMARTS) is 1. The van der Waals surface area contributed by atoms with Gasteiger partial charge in [0.2, 0.25) is 5.91 Å². The summed E-state index contributed by atoms with van der Waals surface area (Å²) in [6.07, 6.45) is 66.4. The minimum atomic E-state index is -1.05. The van der Waals surface area contributed by atoms with Crippen LogP contribution in [0.15, 0.2) is 134 Å². The third kappa shape index (κ3) is 41.7. The number of nitrogens with one attached hydrogen (secondary N) is 1. The fourth-order valence-electron chi connectivity index (χ4n) is 5.81. The van der Waals surface area contributed by atoms with Gasteiger partial charge in [-0.05, 0) is 135 Å². The first-order chi connectivity index (χ1) is 29.4. The molecule has 7 nitrogen and oxygen atoms in total. The number of carbonyl (C=O) groups excluding carboxylic acids is 2. The summed E-state index contributed by atoms with van der Waals surface area (Å²) < 4.78 is 5.87. The average Bonchev–Trinajstić information content (AvgIpc) is 3.23. The molecule has 0 aromatic rings. The van der Waals surface area contributed by atoms with Gasteiger partial charge in [-0.25, -0.2) is 4.79 Å². The van der Waals surface area contributed by atoms with Crippen LogP contribution in [0.3, 0.4) is 0 Å². The Morgan fingerprint density at radius 1 is 0.500 bits per heavy atom. The smallest absolute Gasteiger partial charge is 0.326 e. The number of carboxylic acids is 1. The molecule has 2 atom stereocenters. The van der Waals surface area contributed by atoms with Crippen molar-refractivity contribution in [3.8, 4) is 0 Å². The Hall–Kier alpha value is -4.49. The quantitative estimate of drug-likeness (QED) is 0.0323. The lowest BCUT2D eigenvalue weighted by atomic mass is 10.1. The van der Waals surface area contributed by atoms with E-state index in [4.69, 9.17) is 10.5 Å². The van der Waals surface area contributed by atoms with Crippen molar-refractivity contribution in [3.05, 3.63) is 134 Å². The standard InChI is InChI=1S/C53H82N2O5/c1-3-5-7-9-11-13-15-17-19-20-21-22-23-24-25-26-27-29-31-33-35-37-39-47-52(57)60-49(44-40-41-46-51(56)55-50(53(58)59)45-42-48-54)43-38-36-34-32-30-28-18-16-14-12-10-8-6-4-2/h5-8,11-14,17-19,21-22,24-25,27-29,32,34,38,43,49-50H,3-4,9-10,15-16,20,23,26,30-31,33,35-37,39-42,44-48,54H2,1-2H3,(H,55,56)(H,58,59)/b7-5-,8-6-,13-11-,14-12-,19-17-,22-21-,25-24-,28-18-,29-27-,34-32-,43-38-. The van der Waals surface area contributed by atoms with Crippen LogP contribution in [0.25, 0.3) is 0 Å². The van der Waals surface area contributed by atoms with Crippen molar-refractivity contribution in [1.82, 2.24) is 5.32 Å². The van der Waals surface area contributed by atoms with Gasteiger partial charge < -0.3 is 20.9 Å². The predicted octanol–water partition coefficient (Wildman–Crippen LogP) is 13.6. The second-order valence-electron chi connectivity index (χ2n) is 14.7. The van der Waals surface area contributed by atoms with Gasteiger partial charge in [0.25, 0.3) is 0 Å². The molecule has 0 saturated heterocycles. The fraction of sp³-hybridized carbons (Fsp3) is 0.528. The van der Waals surface area contributed by atoms with Crippen molar-refractivity contribution in [2.24, 2.45) is 5.73 Å². The van der Waals surface area contributed by atoms with Gasteiger partial charge in [-0.1, -0.05) is 154 Å². The Bertz CT molecular complexity index is 1390. The molecule has 0 spiro atoms. The second-order valence-corrected chi connectivity index (χ2v) is 14.7.